The SMILES string of the molecule is COCC(C)N1CC[C@@H](Nc2nc(Nc3cc(C(N)=O)ccc3C)nc(N(C)CC(C)(C)C)n2)C1. The first-order valence-electron chi connectivity index (χ1n) is 12.1. The second kappa shape index (κ2) is 11.2. The average Bonchev–Trinajstić information content (AvgIpc) is 3.22. The van der Waals surface area contributed by atoms with E-state index in [-0.39, 0.29) is 11.5 Å². The van der Waals surface area contributed by atoms with Gasteiger partial charge in [0.05, 0.1) is 6.61 Å². The molecule has 192 valence electrons. The fourth-order valence-corrected chi connectivity index (χ4v) is 4.30. The van der Waals surface area contributed by atoms with Crippen molar-refractivity contribution in [3.63, 3.8) is 0 Å². The number of rotatable bonds is 10. The smallest absolute Gasteiger partial charge is 0.248 e. The van der Waals surface area contributed by atoms with E-state index in [0.29, 0.717) is 36.1 Å². The van der Waals surface area contributed by atoms with E-state index in [9.17, 15) is 4.79 Å². The number of carbonyl (C=O) groups excluding carboxylic acids is 1. The van der Waals surface area contributed by atoms with E-state index < -0.39 is 5.91 Å². The molecule has 1 fully saturated rings. The van der Waals surface area contributed by atoms with Crippen molar-refractivity contribution in [1.29, 1.82) is 0 Å². The Kier molecular flexibility index (Phi) is 8.50. The maximum absolute atomic E-state index is 11.7. The van der Waals surface area contributed by atoms with Gasteiger partial charge in [0.1, 0.15) is 0 Å². The third-order valence-electron chi connectivity index (χ3n) is 6.03. The molecule has 10 heteroatoms. The molecule has 1 unspecified atom stereocenters. The molecule has 1 aliphatic rings. The summed E-state index contributed by atoms with van der Waals surface area (Å²) in [6.07, 6.45) is 0.995. The van der Waals surface area contributed by atoms with Crippen molar-refractivity contribution in [2.75, 3.05) is 55.9 Å². The van der Waals surface area contributed by atoms with Gasteiger partial charge in [-0.25, -0.2) is 0 Å². The summed E-state index contributed by atoms with van der Waals surface area (Å²) in [7, 11) is 3.72. The number of nitrogens with zero attached hydrogens (tertiary/aromatic N) is 5. The van der Waals surface area contributed by atoms with Crippen LogP contribution in [0.4, 0.5) is 23.5 Å². The van der Waals surface area contributed by atoms with Gasteiger partial charge in [0.25, 0.3) is 0 Å². The highest BCUT2D eigenvalue weighted by molar-refractivity contribution is 5.94. The lowest BCUT2D eigenvalue weighted by atomic mass is 9.96. The maximum Gasteiger partial charge on any atom is 0.248 e. The Bertz CT molecular complexity index is 1020. The lowest BCUT2D eigenvalue weighted by molar-refractivity contribution is 0.100. The van der Waals surface area contributed by atoms with Crippen molar-refractivity contribution in [3.05, 3.63) is 29.3 Å². The summed E-state index contributed by atoms with van der Waals surface area (Å²) in [6, 6.07) is 5.87. The number of primary amides is 1. The lowest BCUT2D eigenvalue weighted by Gasteiger charge is -2.27. The Balaban J connectivity index is 1.87. The molecule has 1 saturated heterocycles. The Morgan fingerprint density at radius 2 is 2.00 bits per heavy atom. The fourth-order valence-electron chi connectivity index (χ4n) is 4.30. The minimum atomic E-state index is -0.481. The zero-order valence-electron chi connectivity index (χ0n) is 22.1. The van der Waals surface area contributed by atoms with Gasteiger partial charge in [-0.05, 0) is 43.4 Å². The number of likely N-dealkylation sites (tertiary alicyclic amines) is 1. The van der Waals surface area contributed by atoms with Crippen LogP contribution in [-0.4, -0.2) is 78.2 Å². The monoisotopic (exact) mass is 484 g/mol. The summed E-state index contributed by atoms with van der Waals surface area (Å²) in [5.41, 5.74) is 7.65. The molecule has 0 radical (unpaired) electrons. The van der Waals surface area contributed by atoms with Crippen molar-refractivity contribution in [2.45, 2.75) is 53.1 Å². The highest BCUT2D eigenvalue weighted by atomic mass is 16.5. The minimum absolute atomic E-state index is 0.0679. The number of benzene rings is 1. The van der Waals surface area contributed by atoms with E-state index >= 15 is 0 Å². The first-order valence-corrected chi connectivity index (χ1v) is 12.1. The summed E-state index contributed by atoms with van der Waals surface area (Å²) >= 11 is 0. The van der Waals surface area contributed by atoms with E-state index in [2.05, 4.69) is 53.2 Å². The van der Waals surface area contributed by atoms with Crippen LogP contribution in [0.1, 0.15) is 50.0 Å². The molecule has 0 bridgehead atoms. The first-order chi connectivity index (χ1) is 16.4. The molecule has 1 amide bonds. The van der Waals surface area contributed by atoms with Gasteiger partial charge in [0, 0.05) is 57.1 Å². The fraction of sp³-hybridized carbons (Fsp3) is 0.600. The molecule has 10 nitrogen and oxygen atoms in total. The van der Waals surface area contributed by atoms with E-state index in [4.69, 9.17) is 15.5 Å². The van der Waals surface area contributed by atoms with Crippen LogP contribution in [-0.2, 0) is 4.74 Å². The Morgan fingerprint density at radius 1 is 1.29 bits per heavy atom. The number of hydrogen-bond donors (Lipinski definition) is 3. The normalized spacial score (nSPS) is 17.3. The molecule has 0 saturated carbocycles. The second-order valence-electron chi connectivity index (χ2n) is 10.6. The van der Waals surface area contributed by atoms with Gasteiger partial charge in [-0.3, -0.25) is 9.69 Å². The van der Waals surface area contributed by atoms with Crippen LogP contribution in [0.15, 0.2) is 18.2 Å². The molecule has 3 rings (SSSR count). The Morgan fingerprint density at radius 3 is 2.66 bits per heavy atom. The number of amides is 1. The van der Waals surface area contributed by atoms with Crippen molar-refractivity contribution in [2.24, 2.45) is 11.1 Å². The molecule has 4 N–H and O–H groups in total. The third-order valence-corrected chi connectivity index (χ3v) is 6.03. The minimum Gasteiger partial charge on any atom is -0.383 e. The van der Waals surface area contributed by atoms with Crippen LogP contribution in [0.3, 0.4) is 0 Å². The molecule has 2 atom stereocenters. The van der Waals surface area contributed by atoms with Gasteiger partial charge in [0.15, 0.2) is 0 Å². The van der Waals surface area contributed by atoms with Crippen molar-refractivity contribution in [1.82, 2.24) is 19.9 Å². The molecule has 0 spiro atoms. The molecular weight excluding hydrogens is 444 g/mol. The predicted octanol–water partition coefficient (Wildman–Crippen LogP) is 3.03. The second-order valence-corrected chi connectivity index (χ2v) is 10.6. The number of nitrogens with one attached hydrogen (secondary N) is 2. The number of methoxy groups -OCH3 is 1. The van der Waals surface area contributed by atoms with Crippen molar-refractivity contribution in [3.8, 4) is 0 Å². The first kappa shape index (κ1) is 26.6. The topological polar surface area (TPSA) is 122 Å². The number of anilines is 4. The Labute approximate surface area is 208 Å². The summed E-state index contributed by atoms with van der Waals surface area (Å²) < 4.78 is 5.32. The molecule has 1 aromatic heterocycles. The number of carbonyl (C=O) groups is 1. The number of nitrogens with two attached hydrogens (primary N) is 1. The van der Waals surface area contributed by atoms with Gasteiger partial charge >= 0.3 is 0 Å². The number of aryl methyl sites for hydroxylation is 1. The maximum atomic E-state index is 11.7. The van der Waals surface area contributed by atoms with E-state index in [1.54, 1.807) is 19.2 Å². The highest BCUT2D eigenvalue weighted by Gasteiger charge is 2.27. The standard InChI is InChI=1S/C25H40N8O2/c1-16-8-9-18(21(26)34)12-20(16)28-23-29-22(30-24(31-23)32(6)15-25(3,4)5)27-19-10-11-33(13-19)17(2)14-35-7/h8-9,12,17,19H,10-11,13-15H2,1-7H3,(H2,26,34)(H2,27,28,29,30,31)/t17?,19-/m1/s1. The summed E-state index contributed by atoms with van der Waals surface area (Å²) in [4.78, 5) is 30.2. The number of ether oxygens (including phenoxy) is 1. The summed E-state index contributed by atoms with van der Waals surface area (Å²) in [5, 5.41) is 6.78. The molecule has 35 heavy (non-hydrogen) atoms. The van der Waals surface area contributed by atoms with Gasteiger partial charge in [-0.2, -0.15) is 15.0 Å². The van der Waals surface area contributed by atoms with Crippen LogP contribution in [0, 0.1) is 12.3 Å². The highest BCUT2D eigenvalue weighted by Crippen LogP contribution is 2.24. The van der Waals surface area contributed by atoms with Crippen molar-refractivity contribution >= 4 is 29.4 Å². The number of aromatic nitrogens is 3. The predicted molar refractivity (Wildman–Crippen MR) is 140 cm³/mol. The lowest BCUT2D eigenvalue weighted by Crippen LogP contribution is -2.36. The molecule has 2 aromatic rings. The van der Waals surface area contributed by atoms with Crippen LogP contribution in [0.5, 0.6) is 0 Å². The molecule has 2 heterocycles. The van der Waals surface area contributed by atoms with Crippen LogP contribution < -0.4 is 21.3 Å². The van der Waals surface area contributed by atoms with Crippen LogP contribution in [0.2, 0.25) is 0 Å². The van der Waals surface area contributed by atoms with Gasteiger partial charge in [0.2, 0.25) is 23.8 Å². The van der Waals surface area contributed by atoms with E-state index in [0.717, 1.165) is 37.3 Å². The van der Waals surface area contributed by atoms with Gasteiger partial charge in [-0.1, -0.05) is 26.8 Å². The molecular formula is C25H40N8O2. The molecule has 1 aromatic carbocycles. The summed E-state index contributed by atoms with van der Waals surface area (Å²) in [5.74, 6) is 1.02. The van der Waals surface area contributed by atoms with Crippen LogP contribution >= 0.6 is 0 Å². The molecule has 0 aliphatic carbocycles. The Hall–Kier alpha value is -2.98. The summed E-state index contributed by atoms with van der Waals surface area (Å²) in [6.45, 7) is 14.0. The zero-order valence-corrected chi connectivity index (χ0v) is 22.1. The van der Waals surface area contributed by atoms with E-state index in [1.807, 2.05) is 24.9 Å². The molecule has 1 aliphatic heterocycles. The van der Waals surface area contributed by atoms with Crippen molar-refractivity contribution < 1.29 is 9.53 Å². The zero-order chi connectivity index (χ0) is 25.8. The largest absolute Gasteiger partial charge is 0.383 e. The van der Waals surface area contributed by atoms with Gasteiger partial charge < -0.3 is 26.0 Å². The van der Waals surface area contributed by atoms with Gasteiger partial charge in [-0.15, -0.1) is 0 Å². The van der Waals surface area contributed by atoms with Crippen LogP contribution in [0.25, 0.3) is 0 Å². The third kappa shape index (κ3) is 7.50. The van der Waals surface area contributed by atoms with E-state index in [1.165, 1.54) is 0 Å². The number of hydrogen-bond acceptors (Lipinski definition) is 9. The quantitative estimate of drug-likeness (QED) is 0.467. The average molecular weight is 485 g/mol.